The minimum Gasteiger partial charge on any atom is -0.378 e. The summed E-state index contributed by atoms with van der Waals surface area (Å²) < 4.78 is 41.8. The number of halogens is 1. The number of hydrogen-bond acceptors (Lipinski definition) is 9. The Morgan fingerprint density at radius 2 is 1.14 bits per heavy atom. The summed E-state index contributed by atoms with van der Waals surface area (Å²) in [6, 6.07) is 27.5. The lowest BCUT2D eigenvalue weighted by Crippen LogP contribution is -2.63. The van der Waals surface area contributed by atoms with E-state index in [-0.39, 0.29) is 33.0 Å². The van der Waals surface area contributed by atoms with Crippen molar-refractivity contribution in [2.45, 2.75) is 50.5 Å². The summed E-state index contributed by atoms with van der Waals surface area (Å²) in [5, 5.41) is 12.6. The Labute approximate surface area is 263 Å². The number of nitrogens with zero attached hydrogens (tertiary/aromatic N) is 1. The summed E-state index contributed by atoms with van der Waals surface area (Å²) in [6.45, 7) is 2.26. The quantitative estimate of drug-likeness (QED) is 0.0736. The molecular formula is C33H40ClNO9. The molecule has 1 aliphatic heterocycles. The van der Waals surface area contributed by atoms with Crippen LogP contribution >= 0.6 is 11.6 Å². The Morgan fingerprint density at radius 3 is 1.68 bits per heavy atom. The summed E-state index contributed by atoms with van der Waals surface area (Å²) in [5.41, 5.74) is 2.79. The van der Waals surface area contributed by atoms with Gasteiger partial charge in [-0.15, -0.1) is 11.6 Å². The third kappa shape index (κ3) is 11.2. The van der Waals surface area contributed by atoms with Crippen LogP contribution in [0.3, 0.4) is 0 Å². The molecule has 238 valence electrons. The molecule has 10 nitrogen and oxygen atoms in total. The first-order valence-corrected chi connectivity index (χ1v) is 15.2. The van der Waals surface area contributed by atoms with Gasteiger partial charge in [-0.05, 0) is 16.7 Å². The molecule has 0 aromatic heterocycles. The van der Waals surface area contributed by atoms with Gasteiger partial charge in [0.25, 0.3) is 6.04 Å². The van der Waals surface area contributed by atoms with E-state index in [2.05, 4.69) is 0 Å². The largest absolute Gasteiger partial charge is 0.378 e. The molecule has 1 fully saturated rings. The molecule has 5 atom stereocenters. The molecule has 1 saturated heterocycles. The van der Waals surface area contributed by atoms with Gasteiger partial charge in [-0.3, -0.25) is 10.1 Å². The first-order valence-electron chi connectivity index (χ1n) is 14.7. The average Bonchev–Trinajstić information content (AvgIpc) is 3.05. The molecule has 0 amide bonds. The van der Waals surface area contributed by atoms with Gasteiger partial charge >= 0.3 is 0 Å². The van der Waals surface area contributed by atoms with Crippen LogP contribution in [0.1, 0.15) is 16.7 Å². The molecule has 0 unspecified atom stereocenters. The highest BCUT2D eigenvalue weighted by molar-refractivity contribution is 6.17. The molecule has 0 bridgehead atoms. The van der Waals surface area contributed by atoms with Gasteiger partial charge in [-0.25, -0.2) is 0 Å². The molecule has 44 heavy (non-hydrogen) atoms. The van der Waals surface area contributed by atoms with Gasteiger partial charge < -0.3 is 33.2 Å². The number of nitro groups is 1. The third-order valence-electron chi connectivity index (χ3n) is 6.93. The van der Waals surface area contributed by atoms with Crippen LogP contribution in [0.15, 0.2) is 91.0 Å². The van der Waals surface area contributed by atoms with Crippen LogP contribution in [0.2, 0.25) is 0 Å². The smallest absolute Gasteiger partial charge is 0.291 e. The van der Waals surface area contributed by atoms with Crippen LogP contribution in [0.4, 0.5) is 0 Å². The number of hydrogen-bond donors (Lipinski definition) is 0. The summed E-state index contributed by atoms with van der Waals surface area (Å²) in [6.07, 6.45) is -3.75. The number of ether oxygens (including phenoxy) is 7. The first kappa shape index (κ1) is 34.0. The van der Waals surface area contributed by atoms with E-state index >= 15 is 0 Å². The van der Waals surface area contributed by atoms with E-state index in [4.69, 9.17) is 44.8 Å². The summed E-state index contributed by atoms with van der Waals surface area (Å²) in [4.78, 5) is 12.2. The zero-order chi connectivity index (χ0) is 30.8. The Balaban J connectivity index is 1.50. The zero-order valence-electron chi connectivity index (χ0n) is 24.6. The number of benzene rings is 3. The molecule has 1 aliphatic rings. The fourth-order valence-corrected chi connectivity index (χ4v) is 4.89. The van der Waals surface area contributed by atoms with Crippen molar-refractivity contribution in [2.24, 2.45) is 0 Å². The lowest BCUT2D eigenvalue weighted by atomic mass is 9.96. The zero-order valence-corrected chi connectivity index (χ0v) is 25.4. The van der Waals surface area contributed by atoms with Crippen LogP contribution < -0.4 is 0 Å². The highest BCUT2D eigenvalue weighted by atomic mass is 35.5. The van der Waals surface area contributed by atoms with Crippen molar-refractivity contribution < 1.29 is 38.1 Å². The second kappa shape index (κ2) is 19.5. The summed E-state index contributed by atoms with van der Waals surface area (Å²) in [5.74, 6) is 0.407. The summed E-state index contributed by atoms with van der Waals surface area (Å²) >= 11 is 5.61. The van der Waals surface area contributed by atoms with Crippen molar-refractivity contribution in [1.82, 2.24) is 0 Å². The van der Waals surface area contributed by atoms with E-state index in [9.17, 15) is 10.1 Å². The van der Waals surface area contributed by atoms with Crippen molar-refractivity contribution in [3.8, 4) is 0 Å². The predicted octanol–water partition coefficient (Wildman–Crippen LogP) is 5.03. The third-order valence-corrected chi connectivity index (χ3v) is 7.08. The molecule has 0 saturated carbocycles. The molecule has 0 radical (unpaired) electrons. The van der Waals surface area contributed by atoms with Crippen LogP contribution in [0.5, 0.6) is 0 Å². The van der Waals surface area contributed by atoms with E-state index in [1.807, 2.05) is 91.0 Å². The molecule has 0 N–H and O–H groups in total. The molecule has 11 heteroatoms. The van der Waals surface area contributed by atoms with E-state index in [1.165, 1.54) is 0 Å². The Bertz CT molecular complexity index is 1190. The average molecular weight is 630 g/mol. The van der Waals surface area contributed by atoms with Crippen molar-refractivity contribution in [3.05, 3.63) is 118 Å². The summed E-state index contributed by atoms with van der Waals surface area (Å²) in [7, 11) is 0. The molecule has 3 aromatic carbocycles. The van der Waals surface area contributed by atoms with Gasteiger partial charge in [0.05, 0.1) is 59.5 Å². The topological polar surface area (TPSA) is 108 Å². The Hall–Kier alpha value is -2.93. The van der Waals surface area contributed by atoms with Gasteiger partial charge in [0, 0.05) is 10.8 Å². The molecule has 0 aliphatic carbocycles. The fourth-order valence-electron chi connectivity index (χ4n) is 4.78. The van der Waals surface area contributed by atoms with Crippen LogP contribution in [-0.2, 0) is 53.0 Å². The standard InChI is InChI=1S/C33H40ClNO9/c34-16-17-38-18-19-39-20-21-41-33-30(35(36)37)32(43-24-28-14-8-3-9-15-28)31(42-23-27-12-6-2-7-13-27)29(44-33)25-40-22-26-10-4-1-5-11-26/h1-15,29-33H,16-25H2/t29-,30-,31+,32-,33-/m1/s1. The Morgan fingerprint density at radius 1 is 0.636 bits per heavy atom. The van der Waals surface area contributed by atoms with Gasteiger partial charge in [0.15, 0.2) is 6.10 Å². The fraction of sp³-hybridized carbons (Fsp3) is 0.455. The van der Waals surface area contributed by atoms with Crippen molar-refractivity contribution in [2.75, 3.05) is 45.5 Å². The normalized spacial score (nSPS) is 21.7. The van der Waals surface area contributed by atoms with E-state index in [0.29, 0.717) is 32.3 Å². The lowest BCUT2D eigenvalue weighted by molar-refractivity contribution is -0.577. The monoisotopic (exact) mass is 629 g/mol. The maximum absolute atomic E-state index is 12.6. The maximum Gasteiger partial charge on any atom is 0.291 e. The molecule has 4 rings (SSSR count). The first-order chi connectivity index (χ1) is 21.7. The molecule has 3 aromatic rings. The van der Waals surface area contributed by atoms with E-state index in [1.54, 1.807) is 0 Å². The highest BCUT2D eigenvalue weighted by Crippen LogP contribution is 2.30. The molecule has 0 spiro atoms. The predicted molar refractivity (Wildman–Crippen MR) is 164 cm³/mol. The maximum atomic E-state index is 12.6. The van der Waals surface area contributed by atoms with E-state index in [0.717, 1.165) is 16.7 Å². The second-order valence-electron chi connectivity index (χ2n) is 10.1. The van der Waals surface area contributed by atoms with Gasteiger partial charge in [-0.1, -0.05) is 91.0 Å². The minimum atomic E-state index is -1.36. The van der Waals surface area contributed by atoms with Gasteiger partial charge in [0.2, 0.25) is 6.29 Å². The lowest BCUT2D eigenvalue weighted by Gasteiger charge is -2.42. The highest BCUT2D eigenvalue weighted by Gasteiger charge is 2.54. The minimum absolute atomic E-state index is 0.0725. The van der Waals surface area contributed by atoms with Crippen molar-refractivity contribution >= 4 is 11.6 Å². The van der Waals surface area contributed by atoms with Gasteiger partial charge in [0.1, 0.15) is 12.2 Å². The van der Waals surface area contributed by atoms with Crippen molar-refractivity contribution in [1.29, 1.82) is 0 Å². The SMILES string of the molecule is O=[N+]([O-])[C@H]1[C@H](OCCOCCOCCCl)O[C@H](COCc2ccccc2)[C@H](OCc2ccccc2)[C@@H]1OCc1ccccc1. The number of alkyl halides is 1. The van der Waals surface area contributed by atoms with Crippen molar-refractivity contribution in [3.63, 3.8) is 0 Å². The van der Waals surface area contributed by atoms with Crippen LogP contribution in [0, 0.1) is 10.1 Å². The molecular weight excluding hydrogens is 590 g/mol. The molecule has 1 heterocycles. The number of rotatable bonds is 20. The Kier molecular flexibility index (Phi) is 15.0. The van der Waals surface area contributed by atoms with Gasteiger partial charge in [-0.2, -0.15) is 0 Å². The van der Waals surface area contributed by atoms with E-state index < -0.39 is 35.6 Å². The van der Waals surface area contributed by atoms with Crippen LogP contribution in [0.25, 0.3) is 0 Å². The second-order valence-corrected chi connectivity index (χ2v) is 10.5. The van der Waals surface area contributed by atoms with Crippen LogP contribution in [-0.4, -0.2) is 81.1 Å².